The Hall–Kier alpha value is -2.88. The first-order valence-electron chi connectivity index (χ1n) is 6.27. The molecule has 0 aliphatic heterocycles. The molecule has 0 saturated heterocycles. The lowest BCUT2D eigenvalue weighted by atomic mass is 10.1. The van der Waals surface area contributed by atoms with Gasteiger partial charge < -0.3 is 0 Å². The van der Waals surface area contributed by atoms with Gasteiger partial charge >= 0.3 is 0 Å². The van der Waals surface area contributed by atoms with Crippen LogP contribution in [-0.4, -0.2) is 21.0 Å². The summed E-state index contributed by atoms with van der Waals surface area (Å²) in [7, 11) is 0. The summed E-state index contributed by atoms with van der Waals surface area (Å²) in [5.41, 5.74) is 4.44. The lowest BCUT2D eigenvalue weighted by Crippen LogP contribution is -1.98. The van der Waals surface area contributed by atoms with E-state index in [0.717, 1.165) is 11.1 Å². The van der Waals surface area contributed by atoms with E-state index in [4.69, 9.17) is 0 Å². The molecule has 4 heteroatoms. The molecule has 0 bridgehead atoms. The number of carbonyl (C=O) groups is 1. The van der Waals surface area contributed by atoms with Crippen LogP contribution in [0.4, 0.5) is 0 Å². The van der Waals surface area contributed by atoms with E-state index in [2.05, 4.69) is 15.2 Å². The maximum Gasteiger partial charge on any atom is 0.196 e. The molecular weight excluding hydrogens is 250 g/mol. The summed E-state index contributed by atoms with van der Waals surface area (Å²) in [6.07, 6.45) is 3.39. The highest BCUT2D eigenvalue weighted by molar-refractivity contribution is 6.21. The minimum atomic E-state index is 0.0146. The van der Waals surface area contributed by atoms with E-state index in [1.165, 1.54) is 0 Å². The molecule has 94 valence electrons. The van der Waals surface area contributed by atoms with Gasteiger partial charge in [-0.1, -0.05) is 24.3 Å². The van der Waals surface area contributed by atoms with Crippen molar-refractivity contribution in [1.82, 2.24) is 15.2 Å². The monoisotopic (exact) mass is 259 g/mol. The zero-order valence-electron chi connectivity index (χ0n) is 10.4. The van der Waals surface area contributed by atoms with E-state index >= 15 is 0 Å². The fourth-order valence-electron chi connectivity index (χ4n) is 2.46. The Morgan fingerprint density at radius 3 is 2.35 bits per heavy atom. The first kappa shape index (κ1) is 11.0. The fraction of sp³-hybridized carbons (Fsp3) is 0. The van der Waals surface area contributed by atoms with Gasteiger partial charge in [0.2, 0.25) is 0 Å². The van der Waals surface area contributed by atoms with Crippen LogP contribution in [0.2, 0.25) is 0 Å². The third kappa shape index (κ3) is 1.48. The van der Waals surface area contributed by atoms with E-state index in [9.17, 15) is 4.79 Å². The third-order valence-electron chi connectivity index (χ3n) is 3.44. The predicted octanol–water partition coefficient (Wildman–Crippen LogP) is 2.75. The molecule has 4 rings (SSSR count). The highest BCUT2D eigenvalue weighted by Gasteiger charge is 2.28. The van der Waals surface area contributed by atoms with Crippen LogP contribution in [0.3, 0.4) is 0 Å². The maximum atomic E-state index is 12.4. The number of nitrogens with zero attached hydrogens (tertiary/aromatic N) is 3. The Kier molecular flexibility index (Phi) is 2.23. The molecule has 1 aromatic carbocycles. The van der Waals surface area contributed by atoms with Gasteiger partial charge in [-0.25, -0.2) is 0 Å². The van der Waals surface area contributed by atoms with Crippen LogP contribution in [0, 0.1) is 0 Å². The Balaban J connectivity index is 1.91. The quantitative estimate of drug-likeness (QED) is 0.527. The lowest BCUT2D eigenvalue weighted by molar-refractivity contribution is 0.104. The zero-order chi connectivity index (χ0) is 13.5. The first-order chi connectivity index (χ1) is 9.84. The highest BCUT2D eigenvalue weighted by Crippen LogP contribution is 2.35. The number of aromatic nitrogens is 3. The van der Waals surface area contributed by atoms with E-state index in [-0.39, 0.29) is 5.78 Å². The SMILES string of the molecule is O=C1c2ccccc2-c2nnc(-c3ccncc3)cc21. The second kappa shape index (κ2) is 4.06. The van der Waals surface area contributed by atoms with Crippen molar-refractivity contribution in [3.63, 3.8) is 0 Å². The van der Waals surface area contributed by atoms with Gasteiger partial charge in [0.05, 0.1) is 11.3 Å². The predicted molar refractivity (Wildman–Crippen MR) is 74.1 cm³/mol. The van der Waals surface area contributed by atoms with Crippen molar-refractivity contribution in [1.29, 1.82) is 0 Å². The second-order valence-corrected chi connectivity index (χ2v) is 4.60. The molecule has 4 nitrogen and oxygen atoms in total. The summed E-state index contributed by atoms with van der Waals surface area (Å²) in [5, 5.41) is 8.46. The van der Waals surface area contributed by atoms with Crippen molar-refractivity contribution < 1.29 is 4.79 Å². The van der Waals surface area contributed by atoms with Gasteiger partial charge in [0, 0.05) is 29.1 Å². The number of carbonyl (C=O) groups excluding carboxylic acids is 1. The molecular formula is C16H9N3O. The molecule has 0 N–H and O–H groups in total. The zero-order valence-corrected chi connectivity index (χ0v) is 10.4. The van der Waals surface area contributed by atoms with Gasteiger partial charge in [0.1, 0.15) is 5.69 Å². The number of hydrogen-bond acceptors (Lipinski definition) is 4. The molecule has 0 spiro atoms. The van der Waals surface area contributed by atoms with Crippen molar-refractivity contribution >= 4 is 5.78 Å². The molecule has 1 aliphatic carbocycles. The molecule has 20 heavy (non-hydrogen) atoms. The average Bonchev–Trinajstić information content (AvgIpc) is 2.81. The summed E-state index contributed by atoms with van der Waals surface area (Å²) in [6, 6.07) is 13.0. The summed E-state index contributed by atoms with van der Waals surface area (Å²) >= 11 is 0. The topological polar surface area (TPSA) is 55.7 Å². The molecule has 0 unspecified atom stereocenters. The van der Waals surface area contributed by atoms with Gasteiger partial charge in [-0.3, -0.25) is 9.78 Å². The van der Waals surface area contributed by atoms with Crippen molar-refractivity contribution in [2.45, 2.75) is 0 Å². The molecule has 2 heterocycles. The molecule has 3 aromatic rings. The molecule has 0 radical (unpaired) electrons. The minimum Gasteiger partial charge on any atom is -0.289 e. The normalized spacial score (nSPS) is 12.1. The van der Waals surface area contributed by atoms with Crippen LogP contribution in [-0.2, 0) is 0 Å². The van der Waals surface area contributed by atoms with Gasteiger partial charge in [0.25, 0.3) is 0 Å². The Morgan fingerprint density at radius 2 is 1.55 bits per heavy atom. The van der Waals surface area contributed by atoms with Gasteiger partial charge in [-0.15, -0.1) is 10.2 Å². The van der Waals surface area contributed by atoms with Gasteiger partial charge in [0.15, 0.2) is 5.78 Å². The smallest absolute Gasteiger partial charge is 0.196 e. The lowest BCUT2D eigenvalue weighted by Gasteiger charge is -2.02. The van der Waals surface area contributed by atoms with E-state index < -0.39 is 0 Å². The largest absolute Gasteiger partial charge is 0.289 e. The van der Waals surface area contributed by atoms with Crippen molar-refractivity contribution in [3.8, 4) is 22.5 Å². The summed E-state index contributed by atoms with van der Waals surface area (Å²) in [6.45, 7) is 0. The van der Waals surface area contributed by atoms with Gasteiger partial charge in [-0.2, -0.15) is 0 Å². The third-order valence-corrected chi connectivity index (χ3v) is 3.44. The van der Waals surface area contributed by atoms with Crippen LogP contribution < -0.4 is 0 Å². The van der Waals surface area contributed by atoms with Crippen molar-refractivity contribution in [3.05, 3.63) is 66.0 Å². The van der Waals surface area contributed by atoms with E-state index in [1.54, 1.807) is 18.5 Å². The highest BCUT2D eigenvalue weighted by atomic mass is 16.1. The van der Waals surface area contributed by atoms with Crippen LogP contribution in [0.1, 0.15) is 15.9 Å². The Bertz CT molecular complexity index is 828. The van der Waals surface area contributed by atoms with Crippen LogP contribution in [0.15, 0.2) is 54.9 Å². The average molecular weight is 259 g/mol. The van der Waals surface area contributed by atoms with Crippen LogP contribution in [0.5, 0.6) is 0 Å². The molecule has 0 fully saturated rings. The second-order valence-electron chi connectivity index (χ2n) is 4.60. The number of ketones is 1. The summed E-state index contributed by atoms with van der Waals surface area (Å²) < 4.78 is 0. The standard InChI is InChI=1S/C16H9N3O/c20-16-12-4-2-1-3-11(12)15-13(16)9-14(18-19-15)10-5-7-17-8-6-10/h1-9H. The molecule has 2 aromatic heterocycles. The van der Waals surface area contributed by atoms with Crippen LogP contribution >= 0.6 is 0 Å². The molecule has 0 saturated carbocycles. The maximum absolute atomic E-state index is 12.4. The molecule has 0 amide bonds. The first-order valence-corrected chi connectivity index (χ1v) is 6.27. The number of fused-ring (bicyclic) bond motifs is 3. The molecule has 0 atom stereocenters. The van der Waals surface area contributed by atoms with Gasteiger partial charge in [-0.05, 0) is 18.2 Å². The van der Waals surface area contributed by atoms with E-state index in [1.807, 2.05) is 36.4 Å². The Labute approximate surface area is 115 Å². The number of rotatable bonds is 1. The Morgan fingerprint density at radius 1 is 0.800 bits per heavy atom. The summed E-state index contributed by atoms with van der Waals surface area (Å²) in [5.74, 6) is 0.0146. The number of pyridine rings is 1. The van der Waals surface area contributed by atoms with Crippen molar-refractivity contribution in [2.24, 2.45) is 0 Å². The molecule has 1 aliphatic rings. The fourth-order valence-corrected chi connectivity index (χ4v) is 2.46. The van der Waals surface area contributed by atoms with Crippen molar-refractivity contribution in [2.75, 3.05) is 0 Å². The number of benzene rings is 1. The minimum absolute atomic E-state index is 0.0146. The number of hydrogen-bond donors (Lipinski definition) is 0. The van der Waals surface area contributed by atoms with Crippen LogP contribution in [0.25, 0.3) is 22.5 Å². The summed E-state index contributed by atoms with van der Waals surface area (Å²) in [4.78, 5) is 16.4. The van der Waals surface area contributed by atoms with E-state index in [0.29, 0.717) is 22.5 Å².